The molecule has 0 fully saturated rings. The molecule has 0 aliphatic carbocycles. The number of fused-ring (bicyclic) bond motifs is 1. The fourth-order valence-electron chi connectivity index (χ4n) is 1.57. The number of benzene rings is 1. The summed E-state index contributed by atoms with van der Waals surface area (Å²) in [5.41, 5.74) is 2.16. The van der Waals surface area contributed by atoms with Crippen molar-refractivity contribution < 1.29 is 4.79 Å². The Morgan fingerprint density at radius 2 is 2.33 bits per heavy atom. The molecule has 2 rings (SSSR count). The van der Waals surface area contributed by atoms with Crippen molar-refractivity contribution in [2.45, 2.75) is 17.1 Å². The third kappa shape index (κ3) is 2.16. The van der Waals surface area contributed by atoms with Gasteiger partial charge in [0.15, 0.2) is 0 Å². The van der Waals surface area contributed by atoms with Crippen molar-refractivity contribution in [1.82, 2.24) is 5.32 Å². The summed E-state index contributed by atoms with van der Waals surface area (Å²) >= 11 is 1.63. The van der Waals surface area contributed by atoms with Crippen LogP contribution in [-0.2, 0) is 4.79 Å². The lowest BCUT2D eigenvalue weighted by atomic mass is 10.2. The number of carbonyl (C=O) groups excluding carboxylic acids is 1. The first-order chi connectivity index (χ1) is 7.20. The van der Waals surface area contributed by atoms with E-state index in [9.17, 15) is 4.79 Å². The SMILES string of the molecule is CNCC1Sc2cc(C)ccc2NC1=O. The van der Waals surface area contributed by atoms with E-state index in [2.05, 4.69) is 23.6 Å². The molecule has 0 saturated carbocycles. The molecule has 15 heavy (non-hydrogen) atoms. The molecule has 1 aliphatic rings. The van der Waals surface area contributed by atoms with Crippen LogP contribution in [0.3, 0.4) is 0 Å². The monoisotopic (exact) mass is 222 g/mol. The average Bonchev–Trinajstić information content (AvgIpc) is 2.20. The van der Waals surface area contributed by atoms with Crippen LogP contribution in [0.1, 0.15) is 5.56 Å². The van der Waals surface area contributed by atoms with E-state index in [1.807, 2.05) is 19.2 Å². The molecule has 1 unspecified atom stereocenters. The third-order valence-corrected chi connectivity index (χ3v) is 3.60. The lowest BCUT2D eigenvalue weighted by molar-refractivity contribution is -0.115. The first kappa shape index (κ1) is 10.5. The highest BCUT2D eigenvalue weighted by Gasteiger charge is 2.25. The summed E-state index contributed by atoms with van der Waals surface area (Å²) in [6.07, 6.45) is 0. The zero-order valence-electron chi connectivity index (χ0n) is 8.83. The molecule has 0 bridgehead atoms. The molecule has 2 N–H and O–H groups in total. The zero-order valence-corrected chi connectivity index (χ0v) is 9.65. The summed E-state index contributed by atoms with van der Waals surface area (Å²) in [4.78, 5) is 12.8. The molecule has 0 aromatic heterocycles. The van der Waals surface area contributed by atoms with Crippen molar-refractivity contribution in [3.8, 4) is 0 Å². The predicted molar refractivity (Wildman–Crippen MR) is 63.4 cm³/mol. The van der Waals surface area contributed by atoms with E-state index in [0.29, 0.717) is 6.54 Å². The Morgan fingerprint density at radius 3 is 3.07 bits per heavy atom. The van der Waals surface area contributed by atoms with Crippen LogP contribution in [0.15, 0.2) is 23.1 Å². The molecule has 1 aliphatic heterocycles. The second-order valence-electron chi connectivity index (χ2n) is 3.65. The summed E-state index contributed by atoms with van der Waals surface area (Å²) in [5.74, 6) is 0.0886. The van der Waals surface area contributed by atoms with E-state index in [1.165, 1.54) is 5.56 Å². The Morgan fingerprint density at radius 1 is 1.53 bits per heavy atom. The number of hydrogen-bond acceptors (Lipinski definition) is 3. The molecule has 0 spiro atoms. The van der Waals surface area contributed by atoms with Gasteiger partial charge in [-0.3, -0.25) is 4.79 Å². The van der Waals surface area contributed by atoms with Crippen molar-refractivity contribution in [2.75, 3.05) is 18.9 Å². The van der Waals surface area contributed by atoms with Crippen molar-refractivity contribution in [1.29, 1.82) is 0 Å². The Labute approximate surface area is 93.6 Å². The van der Waals surface area contributed by atoms with Gasteiger partial charge in [0.1, 0.15) is 5.25 Å². The van der Waals surface area contributed by atoms with Gasteiger partial charge in [-0.2, -0.15) is 0 Å². The Kier molecular flexibility index (Phi) is 2.98. The number of thioether (sulfide) groups is 1. The minimum atomic E-state index is -0.0238. The summed E-state index contributed by atoms with van der Waals surface area (Å²) in [6.45, 7) is 2.76. The van der Waals surface area contributed by atoms with E-state index in [0.717, 1.165) is 10.6 Å². The van der Waals surface area contributed by atoms with Crippen molar-refractivity contribution in [3.63, 3.8) is 0 Å². The smallest absolute Gasteiger partial charge is 0.239 e. The third-order valence-electron chi connectivity index (χ3n) is 2.35. The van der Waals surface area contributed by atoms with Gasteiger partial charge in [-0.05, 0) is 31.7 Å². The van der Waals surface area contributed by atoms with Gasteiger partial charge in [-0.1, -0.05) is 6.07 Å². The number of nitrogens with one attached hydrogen (secondary N) is 2. The quantitative estimate of drug-likeness (QED) is 0.799. The number of aryl methyl sites for hydroxylation is 1. The van der Waals surface area contributed by atoms with E-state index in [-0.39, 0.29) is 11.2 Å². The number of amides is 1. The standard InChI is InChI=1S/C11H14N2OS/c1-7-3-4-8-9(5-7)15-10(6-12-2)11(14)13-8/h3-5,10,12H,6H2,1-2H3,(H,13,14). The van der Waals surface area contributed by atoms with Crippen LogP contribution < -0.4 is 10.6 Å². The highest BCUT2D eigenvalue weighted by Crippen LogP contribution is 2.35. The Hall–Kier alpha value is -1.00. The van der Waals surface area contributed by atoms with Crippen LogP contribution >= 0.6 is 11.8 Å². The maximum Gasteiger partial charge on any atom is 0.239 e. The molecular formula is C11H14N2OS. The van der Waals surface area contributed by atoms with Crippen LogP contribution in [0, 0.1) is 6.92 Å². The van der Waals surface area contributed by atoms with Crippen LogP contribution in [0.25, 0.3) is 0 Å². The molecule has 0 radical (unpaired) electrons. The molecular weight excluding hydrogens is 208 g/mol. The number of rotatable bonds is 2. The summed E-state index contributed by atoms with van der Waals surface area (Å²) in [7, 11) is 1.86. The van der Waals surface area contributed by atoms with Crippen LogP contribution in [0.4, 0.5) is 5.69 Å². The van der Waals surface area contributed by atoms with E-state index >= 15 is 0 Å². The van der Waals surface area contributed by atoms with Gasteiger partial charge in [0, 0.05) is 11.4 Å². The zero-order chi connectivity index (χ0) is 10.8. The molecule has 1 heterocycles. The van der Waals surface area contributed by atoms with Crippen LogP contribution in [-0.4, -0.2) is 24.7 Å². The largest absolute Gasteiger partial charge is 0.324 e. The van der Waals surface area contributed by atoms with Gasteiger partial charge in [0.05, 0.1) is 5.69 Å². The minimum Gasteiger partial charge on any atom is -0.324 e. The van der Waals surface area contributed by atoms with Gasteiger partial charge in [-0.25, -0.2) is 0 Å². The van der Waals surface area contributed by atoms with Gasteiger partial charge < -0.3 is 10.6 Å². The van der Waals surface area contributed by atoms with E-state index in [4.69, 9.17) is 0 Å². The first-order valence-corrected chi connectivity index (χ1v) is 5.81. The maximum absolute atomic E-state index is 11.7. The maximum atomic E-state index is 11.7. The number of anilines is 1. The predicted octanol–water partition coefficient (Wildman–Crippen LogP) is 1.63. The molecule has 1 atom stereocenters. The van der Waals surface area contributed by atoms with Gasteiger partial charge in [-0.15, -0.1) is 11.8 Å². The van der Waals surface area contributed by atoms with Crippen molar-refractivity contribution in [2.24, 2.45) is 0 Å². The summed E-state index contributed by atoms with van der Waals surface area (Å²) in [5, 5.41) is 5.93. The van der Waals surface area contributed by atoms with Crippen LogP contribution in [0.2, 0.25) is 0 Å². The van der Waals surface area contributed by atoms with Gasteiger partial charge >= 0.3 is 0 Å². The second-order valence-corrected chi connectivity index (χ2v) is 4.90. The molecule has 3 nitrogen and oxygen atoms in total. The lowest BCUT2D eigenvalue weighted by Gasteiger charge is -2.24. The van der Waals surface area contributed by atoms with Gasteiger partial charge in [0.25, 0.3) is 0 Å². The Bertz CT molecular complexity index is 392. The van der Waals surface area contributed by atoms with Crippen molar-refractivity contribution in [3.05, 3.63) is 23.8 Å². The fourth-order valence-corrected chi connectivity index (χ4v) is 2.79. The fraction of sp³-hybridized carbons (Fsp3) is 0.364. The van der Waals surface area contributed by atoms with Crippen molar-refractivity contribution >= 4 is 23.4 Å². The highest BCUT2D eigenvalue weighted by molar-refractivity contribution is 8.01. The second kappa shape index (κ2) is 4.24. The summed E-state index contributed by atoms with van der Waals surface area (Å²) < 4.78 is 0. The van der Waals surface area contributed by atoms with Crippen LogP contribution in [0.5, 0.6) is 0 Å². The molecule has 1 aromatic carbocycles. The molecule has 4 heteroatoms. The average molecular weight is 222 g/mol. The van der Waals surface area contributed by atoms with Gasteiger partial charge in [0.2, 0.25) is 5.91 Å². The Balaban J connectivity index is 2.26. The molecule has 0 saturated heterocycles. The summed E-state index contributed by atoms with van der Waals surface area (Å²) in [6, 6.07) is 6.09. The molecule has 1 amide bonds. The van der Waals surface area contributed by atoms with E-state index in [1.54, 1.807) is 11.8 Å². The first-order valence-electron chi connectivity index (χ1n) is 4.93. The number of carbonyl (C=O) groups is 1. The normalized spacial score (nSPS) is 19.6. The minimum absolute atomic E-state index is 0.0238. The highest BCUT2D eigenvalue weighted by atomic mass is 32.2. The number of hydrogen-bond donors (Lipinski definition) is 2. The lowest BCUT2D eigenvalue weighted by Crippen LogP contribution is -2.35. The topological polar surface area (TPSA) is 41.1 Å². The molecule has 80 valence electrons. The van der Waals surface area contributed by atoms with E-state index < -0.39 is 0 Å². The molecule has 1 aromatic rings.